The van der Waals surface area contributed by atoms with Crippen molar-refractivity contribution in [3.63, 3.8) is 0 Å². The molecule has 4 nitrogen and oxygen atoms in total. The molecule has 0 fully saturated rings. The molecular formula is C23H27NO3. The Bertz CT molecular complexity index is 997. The minimum absolute atomic E-state index is 0.0688. The van der Waals surface area contributed by atoms with E-state index in [4.69, 9.17) is 4.42 Å². The first-order valence-corrected chi connectivity index (χ1v) is 9.45. The van der Waals surface area contributed by atoms with Crippen molar-refractivity contribution in [1.82, 2.24) is 4.90 Å². The summed E-state index contributed by atoms with van der Waals surface area (Å²) >= 11 is 0. The number of ketones is 1. The van der Waals surface area contributed by atoms with Gasteiger partial charge in [-0.3, -0.25) is 9.69 Å². The first-order chi connectivity index (χ1) is 12.9. The van der Waals surface area contributed by atoms with Crippen LogP contribution in [0.15, 0.2) is 34.7 Å². The summed E-state index contributed by atoms with van der Waals surface area (Å²) in [6.45, 7) is 12.3. The summed E-state index contributed by atoms with van der Waals surface area (Å²) in [4.78, 5) is 15.5. The number of furan rings is 1. The van der Waals surface area contributed by atoms with Crippen molar-refractivity contribution in [2.24, 2.45) is 0 Å². The van der Waals surface area contributed by atoms with E-state index in [-0.39, 0.29) is 11.5 Å². The van der Waals surface area contributed by atoms with Crippen LogP contribution < -0.4 is 0 Å². The zero-order chi connectivity index (χ0) is 19.7. The number of hydrogen-bond acceptors (Lipinski definition) is 4. The van der Waals surface area contributed by atoms with Gasteiger partial charge in [0.15, 0.2) is 5.78 Å². The number of fused-ring (bicyclic) bond motifs is 1. The van der Waals surface area contributed by atoms with Crippen LogP contribution >= 0.6 is 0 Å². The normalized spacial score (nSPS) is 11.5. The highest BCUT2D eigenvalue weighted by molar-refractivity contribution is 6.17. The number of carbonyl (C=O) groups is 1. The summed E-state index contributed by atoms with van der Waals surface area (Å²) < 4.78 is 5.89. The maximum atomic E-state index is 13.3. The van der Waals surface area contributed by atoms with Crippen molar-refractivity contribution in [2.75, 3.05) is 13.1 Å². The number of hydrogen-bond donors (Lipinski definition) is 1. The minimum Gasteiger partial charge on any atom is -0.508 e. The molecule has 0 bridgehead atoms. The maximum Gasteiger partial charge on any atom is 0.197 e. The molecule has 0 aliphatic carbocycles. The lowest BCUT2D eigenvalue weighted by Gasteiger charge is -2.19. The van der Waals surface area contributed by atoms with Gasteiger partial charge in [-0.25, -0.2) is 0 Å². The SMILES string of the molecule is CCN(CC)Cc1c(O)ccc2oc(C)c(C(=O)c3ccc(C)c(C)c3)c12. The molecule has 0 atom stereocenters. The highest BCUT2D eigenvalue weighted by Gasteiger charge is 2.24. The van der Waals surface area contributed by atoms with Crippen molar-refractivity contribution >= 4 is 16.8 Å². The Balaban J connectivity index is 2.20. The lowest BCUT2D eigenvalue weighted by Crippen LogP contribution is -2.22. The fraction of sp³-hybridized carbons (Fsp3) is 0.348. The molecule has 0 radical (unpaired) electrons. The van der Waals surface area contributed by atoms with Gasteiger partial charge in [0.2, 0.25) is 0 Å². The number of phenols is 1. The van der Waals surface area contributed by atoms with Gasteiger partial charge in [-0.1, -0.05) is 26.0 Å². The van der Waals surface area contributed by atoms with Gasteiger partial charge in [0.1, 0.15) is 17.1 Å². The highest BCUT2D eigenvalue weighted by atomic mass is 16.3. The monoisotopic (exact) mass is 365 g/mol. The first-order valence-electron chi connectivity index (χ1n) is 9.45. The van der Waals surface area contributed by atoms with E-state index in [1.165, 1.54) is 0 Å². The van der Waals surface area contributed by atoms with E-state index in [2.05, 4.69) is 18.7 Å². The fourth-order valence-electron chi connectivity index (χ4n) is 3.50. The van der Waals surface area contributed by atoms with Crippen LogP contribution in [-0.2, 0) is 6.54 Å². The highest BCUT2D eigenvalue weighted by Crippen LogP contribution is 2.36. The lowest BCUT2D eigenvalue weighted by molar-refractivity contribution is 0.103. The summed E-state index contributed by atoms with van der Waals surface area (Å²) in [5, 5.41) is 11.3. The Morgan fingerprint density at radius 2 is 1.74 bits per heavy atom. The summed E-state index contributed by atoms with van der Waals surface area (Å²) in [7, 11) is 0. The standard InChI is InChI=1S/C23H27NO3/c1-6-24(7-2)13-18-19(25)10-11-20-22(18)21(16(5)27-20)23(26)17-9-8-14(3)15(4)12-17/h8-12,25H,6-7,13H2,1-5H3. The zero-order valence-corrected chi connectivity index (χ0v) is 16.7. The van der Waals surface area contributed by atoms with Crippen LogP contribution in [-0.4, -0.2) is 28.9 Å². The molecule has 0 aliphatic heterocycles. The van der Waals surface area contributed by atoms with Crippen LogP contribution in [0.4, 0.5) is 0 Å². The average Bonchev–Trinajstić information content (AvgIpc) is 2.99. The molecule has 142 valence electrons. The van der Waals surface area contributed by atoms with Crippen molar-refractivity contribution < 1.29 is 14.3 Å². The van der Waals surface area contributed by atoms with E-state index >= 15 is 0 Å². The Morgan fingerprint density at radius 3 is 2.37 bits per heavy atom. The van der Waals surface area contributed by atoms with Crippen LogP contribution in [0.5, 0.6) is 5.75 Å². The van der Waals surface area contributed by atoms with Crippen LogP contribution in [0.2, 0.25) is 0 Å². The third-order valence-electron chi connectivity index (χ3n) is 5.39. The first kappa shape index (κ1) is 19.2. The molecule has 0 aliphatic rings. The second-order valence-corrected chi connectivity index (χ2v) is 7.06. The quantitative estimate of drug-likeness (QED) is 0.615. The van der Waals surface area contributed by atoms with Gasteiger partial charge in [-0.2, -0.15) is 0 Å². The van der Waals surface area contributed by atoms with Gasteiger partial charge >= 0.3 is 0 Å². The summed E-state index contributed by atoms with van der Waals surface area (Å²) in [5.74, 6) is 0.713. The molecule has 0 spiro atoms. The second-order valence-electron chi connectivity index (χ2n) is 7.06. The van der Waals surface area contributed by atoms with Gasteiger partial charge in [0.25, 0.3) is 0 Å². The molecule has 27 heavy (non-hydrogen) atoms. The van der Waals surface area contributed by atoms with E-state index in [1.54, 1.807) is 12.1 Å². The average molecular weight is 365 g/mol. The Kier molecular flexibility index (Phi) is 5.38. The van der Waals surface area contributed by atoms with E-state index in [9.17, 15) is 9.90 Å². The molecule has 3 aromatic rings. The topological polar surface area (TPSA) is 53.7 Å². The molecule has 3 rings (SSSR count). The fourth-order valence-corrected chi connectivity index (χ4v) is 3.50. The largest absolute Gasteiger partial charge is 0.508 e. The number of aromatic hydroxyl groups is 1. The van der Waals surface area contributed by atoms with E-state index < -0.39 is 0 Å². The third kappa shape index (κ3) is 3.50. The van der Waals surface area contributed by atoms with Gasteiger partial charge in [0, 0.05) is 23.1 Å². The number of carbonyl (C=O) groups excluding carboxylic acids is 1. The molecule has 1 heterocycles. The van der Waals surface area contributed by atoms with E-state index in [0.717, 1.165) is 35.2 Å². The van der Waals surface area contributed by atoms with E-state index in [1.807, 2.05) is 39.0 Å². The van der Waals surface area contributed by atoms with Gasteiger partial charge in [0.05, 0.1) is 5.56 Å². The Morgan fingerprint density at radius 1 is 1.04 bits per heavy atom. The molecular weight excluding hydrogens is 338 g/mol. The van der Waals surface area contributed by atoms with Crippen LogP contribution in [0, 0.1) is 20.8 Å². The number of benzene rings is 2. The number of phenolic OH excluding ortho intramolecular Hbond substituents is 1. The van der Waals surface area contributed by atoms with Crippen LogP contribution in [0.1, 0.15) is 52.2 Å². The lowest BCUT2D eigenvalue weighted by atomic mass is 9.95. The predicted molar refractivity (Wildman–Crippen MR) is 109 cm³/mol. The third-order valence-corrected chi connectivity index (χ3v) is 5.39. The molecule has 0 saturated heterocycles. The molecule has 0 amide bonds. The zero-order valence-electron chi connectivity index (χ0n) is 16.7. The molecule has 0 unspecified atom stereocenters. The molecule has 2 aromatic carbocycles. The number of aryl methyl sites for hydroxylation is 3. The van der Waals surface area contributed by atoms with Crippen molar-refractivity contribution in [3.05, 3.63) is 63.9 Å². The molecule has 1 N–H and O–H groups in total. The van der Waals surface area contributed by atoms with Gasteiger partial charge < -0.3 is 9.52 Å². The van der Waals surface area contributed by atoms with Crippen molar-refractivity contribution in [3.8, 4) is 5.75 Å². The molecule has 4 heteroatoms. The summed E-state index contributed by atoms with van der Waals surface area (Å²) in [6, 6.07) is 9.13. The second kappa shape index (κ2) is 7.57. The Labute approximate surface area is 160 Å². The van der Waals surface area contributed by atoms with Crippen molar-refractivity contribution in [1.29, 1.82) is 0 Å². The number of nitrogens with zero attached hydrogens (tertiary/aromatic N) is 1. The summed E-state index contributed by atoms with van der Waals surface area (Å²) in [5.41, 5.74) is 4.81. The molecule has 0 saturated carbocycles. The smallest absolute Gasteiger partial charge is 0.197 e. The predicted octanol–water partition coefficient (Wildman–Crippen LogP) is 5.14. The van der Waals surface area contributed by atoms with Gasteiger partial charge in [-0.05, 0) is 63.2 Å². The minimum atomic E-state index is -0.0688. The van der Waals surface area contributed by atoms with Crippen LogP contribution in [0.3, 0.4) is 0 Å². The molecule has 1 aromatic heterocycles. The van der Waals surface area contributed by atoms with Crippen molar-refractivity contribution in [2.45, 2.75) is 41.2 Å². The van der Waals surface area contributed by atoms with Gasteiger partial charge in [-0.15, -0.1) is 0 Å². The maximum absolute atomic E-state index is 13.3. The Hall–Kier alpha value is -2.59. The van der Waals surface area contributed by atoms with E-state index in [0.29, 0.717) is 29.0 Å². The van der Waals surface area contributed by atoms with Crippen LogP contribution in [0.25, 0.3) is 11.0 Å². The number of rotatable bonds is 6. The summed E-state index contributed by atoms with van der Waals surface area (Å²) in [6.07, 6.45) is 0.